The highest BCUT2D eigenvalue weighted by molar-refractivity contribution is 6.06. The van der Waals surface area contributed by atoms with Gasteiger partial charge in [0.15, 0.2) is 0 Å². The predicted octanol–water partition coefficient (Wildman–Crippen LogP) is 5.47. The Morgan fingerprint density at radius 2 is 1.65 bits per heavy atom. The van der Waals surface area contributed by atoms with Crippen molar-refractivity contribution in [2.45, 2.75) is 0 Å². The summed E-state index contributed by atoms with van der Waals surface area (Å²) in [6, 6.07) is 26.1. The molecule has 0 aliphatic carbocycles. The molecule has 0 saturated carbocycles. The maximum Gasteiger partial charge on any atom is 0.255 e. The molecule has 5 aromatic rings. The zero-order valence-corrected chi connectivity index (χ0v) is 22.2. The Hall–Kier alpha value is -5.28. The van der Waals surface area contributed by atoms with Crippen molar-refractivity contribution in [1.29, 1.82) is 0 Å². The number of benzene rings is 3. The van der Waals surface area contributed by atoms with Gasteiger partial charge in [0.05, 0.1) is 5.52 Å². The third-order valence-electron chi connectivity index (χ3n) is 6.00. The molecule has 9 heteroatoms. The van der Waals surface area contributed by atoms with Gasteiger partial charge in [-0.15, -0.1) is 0 Å². The summed E-state index contributed by atoms with van der Waals surface area (Å²) in [5, 5.41) is 10.0. The first-order valence-electron chi connectivity index (χ1n) is 12.7. The summed E-state index contributed by atoms with van der Waals surface area (Å²) in [6.07, 6.45) is 6.94. The number of nitrogens with zero attached hydrogens (tertiary/aromatic N) is 4. The van der Waals surface area contributed by atoms with Crippen LogP contribution in [-0.4, -0.2) is 51.9 Å². The summed E-state index contributed by atoms with van der Waals surface area (Å²) in [5.41, 5.74) is 3.33. The quantitative estimate of drug-likeness (QED) is 0.218. The van der Waals surface area contributed by atoms with Crippen molar-refractivity contribution >= 4 is 45.7 Å². The summed E-state index contributed by atoms with van der Waals surface area (Å²) in [7, 11) is 3.85. The van der Waals surface area contributed by atoms with E-state index in [9.17, 15) is 9.59 Å². The lowest BCUT2D eigenvalue weighted by atomic mass is 10.1. The van der Waals surface area contributed by atoms with E-state index in [1.807, 2.05) is 72.2 Å². The van der Waals surface area contributed by atoms with E-state index in [4.69, 9.17) is 0 Å². The second-order valence-electron chi connectivity index (χ2n) is 9.38. The maximum atomic E-state index is 13.0. The summed E-state index contributed by atoms with van der Waals surface area (Å²) in [6.45, 7) is 0.658. The number of rotatable bonds is 9. The lowest BCUT2D eigenvalue weighted by Crippen LogP contribution is -2.14. The van der Waals surface area contributed by atoms with Crippen molar-refractivity contribution in [1.82, 2.24) is 19.4 Å². The van der Waals surface area contributed by atoms with Crippen LogP contribution in [-0.2, 0) is 4.79 Å². The number of aromatic nitrogens is 3. The lowest BCUT2D eigenvalue weighted by Gasteiger charge is -2.11. The Balaban J connectivity index is 1.25. The van der Waals surface area contributed by atoms with Crippen LogP contribution in [0.25, 0.3) is 16.7 Å². The van der Waals surface area contributed by atoms with Crippen LogP contribution in [0.3, 0.4) is 0 Å². The number of hydrogen-bond acceptors (Lipinski definition) is 6. The zero-order valence-electron chi connectivity index (χ0n) is 22.2. The lowest BCUT2D eigenvalue weighted by molar-refractivity contribution is -0.111. The average molecular weight is 532 g/mol. The van der Waals surface area contributed by atoms with Crippen LogP contribution in [0.1, 0.15) is 10.4 Å². The number of fused-ring (bicyclic) bond motifs is 1. The van der Waals surface area contributed by atoms with Crippen LogP contribution in [0, 0.1) is 0 Å². The van der Waals surface area contributed by atoms with Gasteiger partial charge in [-0.05, 0) is 74.1 Å². The third-order valence-corrected chi connectivity index (χ3v) is 6.00. The Morgan fingerprint density at radius 1 is 0.875 bits per heavy atom. The van der Waals surface area contributed by atoms with Crippen molar-refractivity contribution in [3.05, 3.63) is 115 Å². The van der Waals surface area contributed by atoms with Crippen LogP contribution in [0.4, 0.5) is 23.0 Å². The van der Waals surface area contributed by atoms with Crippen molar-refractivity contribution in [2.24, 2.45) is 0 Å². The molecule has 0 aliphatic rings. The van der Waals surface area contributed by atoms with Crippen molar-refractivity contribution in [3.8, 4) is 5.82 Å². The molecule has 0 unspecified atom stereocenters. The Labute approximate surface area is 232 Å². The topological polar surface area (TPSA) is 104 Å². The first-order chi connectivity index (χ1) is 19.4. The summed E-state index contributed by atoms with van der Waals surface area (Å²) in [4.78, 5) is 36.1. The van der Waals surface area contributed by atoms with E-state index < -0.39 is 0 Å². The first kappa shape index (κ1) is 26.3. The zero-order chi connectivity index (χ0) is 27.9. The number of nitrogens with one attached hydrogen (secondary N) is 3. The highest BCUT2D eigenvalue weighted by Gasteiger charge is 2.10. The molecule has 2 amide bonds. The van der Waals surface area contributed by atoms with E-state index in [2.05, 4.69) is 32.0 Å². The predicted molar refractivity (Wildman–Crippen MR) is 159 cm³/mol. The van der Waals surface area contributed by atoms with Gasteiger partial charge in [0.25, 0.3) is 5.91 Å². The Morgan fingerprint density at radius 3 is 2.50 bits per heavy atom. The van der Waals surface area contributed by atoms with Gasteiger partial charge in [-0.25, -0.2) is 4.98 Å². The van der Waals surface area contributed by atoms with Gasteiger partial charge in [-0.3, -0.25) is 9.59 Å². The molecule has 0 bridgehead atoms. The van der Waals surface area contributed by atoms with Crippen LogP contribution < -0.4 is 16.0 Å². The molecule has 0 spiro atoms. The van der Waals surface area contributed by atoms with E-state index in [0.29, 0.717) is 29.4 Å². The fourth-order valence-electron chi connectivity index (χ4n) is 4.13. The van der Waals surface area contributed by atoms with Crippen LogP contribution in [0.5, 0.6) is 0 Å². The third kappa shape index (κ3) is 6.58. The van der Waals surface area contributed by atoms with Gasteiger partial charge in [0.1, 0.15) is 5.82 Å². The molecule has 9 nitrogen and oxygen atoms in total. The molecule has 0 atom stereocenters. The van der Waals surface area contributed by atoms with Gasteiger partial charge >= 0.3 is 0 Å². The molecule has 200 valence electrons. The number of carbonyl (C=O) groups is 2. The van der Waals surface area contributed by atoms with Crippen molar-refractivity contribution in [2.75, 3.05) is 36.6 Å². The minimum atomic E-state index is -0.297. The van der Waals surface area contributed by atoms with Gasteiger partial charge in [-0.1, -0.05) is 36.4 Å². The number of hydrogen-bond donors (Lipinski definition) is 3. The van der Waals surface area contributed by atoms with Crippen LogP contribution >= 0.6 is 0 Å². The monoisotopic (exact) mass is 531 g/mol. The SMILES string of the molecule is CN(C)CC=CC(=O)Nc1cccc(C(=O)Nc2cccc(Nc3nccc(-n4ccc5ccccc54)n3)c2)c1. The highest BCUT2D eigenvalue weighted by Crippen LogP contribution is 2.22. The molecule has 0 fully saturated rings. The highest BCUT2D eigenvalue weighted by atomic mass is 16.2. The van der Waals surface area contributed by atoms with E-state index >= 15 is 0 Å². The molecule has 3 aromatic carbocycles. The molecule has 3 N–H and O–H groups in total. The fourth-order valence-corrected chi connectivity index (χ4v) is 4.13. The Bertz CT molecular complexity index is 1690. The first-order valence-corrected chi connectivity index (χ1v) is 12.7. The summed E-state index contributed by atoms with van der Waals surface area (Å²) >= 11 is 0. The van der Waals surface area contributed by atoms with Crippen molar-refractivity contribution in [3.63, 3.8) is 0 Å². The molecular formula is C31H29N7O2. The molecule has 2 aromatic heterocycles. The van der Waals surface area contributed by atoms with E-state index in [1.165, 1.54) is 6.08 Å². The minimum Gasteiger partial charge on any atom is -0.324 e. The van der Waals surface area contributed by atoms with Gasteiger partial charge in [-0.2, -0.15) is 4.98 Å². The second-order valence-corrected chi connectivity index (χ2v) is 9.38. The van der Waals surface area contributed by atoms with Crippen molar-refractivity contribution < 1.29 is 9.59 Å². The summed E-state index contributed by atoms with van der Waals surface area (Å²) in [5.74, 6) is 0.619. The number of para-hydroxylation sites is 1. The molecule has 0 saturated heterocycles. The van der Waals surface area contributed by atoms with Gasteiger partial charge < -0.3 is 25.4 Å². The number of carbonyl (C=O) groups excluding carboxylic acids is 2. The van der Waals surface area contributed by atoms with Crippen LogP contribution in [0.2, 0.25) is 0 Å². The van der Waals surface area contributed by atoms with E-state index in [-0.39, 0.29) is 11.8 Å². The van der Waals surface area contributed by atoms with Gasteiger partial charge in [0.2, 0.25) is 11.9 Å². The fraction of sp³-hybridized carbons (Fsp3) is 0.0968. The summed E-state index contributed by atoms with van der Waals surface area (Å²) < 4.78 is 2.01. The standard InChI is InChI=1S/C31H29N7O2/c1-37(2)18-7-14-29(39)33-24-10-5-9-23(20-24)30(40)34-25-11-6-12-26(21-25)35-31-32-17-15-28(36-31)38-19-16-22-8-3-4-13-27(22)38/h3-17,19-21H,18H2,1-2H3,(H,33,39)(H,34,40)(H,32,35,36). The van der Waals surface area contributed by atoms with Crippen LogP contribution in [0.15, 0.2) is 109 Å². The second kappa shape index (κ2) is 12.1. The van der Waals surface area contributed by atoms with E-state index in [1.54, 1.807) is 48.7 Å². The molecule has 40 heavy (non-hydrogen) atoms. The average Bonchev–Trinajstić information content (AvgIpc) is 3.38. The Kier molecular flexibility index (Phi) is 7.94. The van der Waals surface area contributed by atoms with E-state index in [0.717, 1.165) is 22.4 Å². The number of amides is 2. The molecular weight excluding hydrogens is 502 g/mol. The number of likely N-dealkylation sites (N-methyl/N-ethyl adjacent to an activating group) is 1. The smallest absolute Gasteiger partial charge is 0.255 e. The largest absolute Gasteiger partial charge is 0.324 e. The van der Waals surface area contributed by atoms with Gasteiger partial charge in [0, 0.05) is 47.6 Å². The maximum absolute atomic E-state index is 13.0. The normalized spacial score (nSPS) is 11.2. The molecule has 0 aliphatic heterocycles. The molecule has 0 radical (unpaired) electrons. The minimum absolute atomic E-state index is 0.255. The number of anilines is 4. The molecule has 5 rings (SSSR count). The molecule has 2 heterocycles.